The number of hydrogen-bond donors (Lipinski definition) is 0. The number of ether oxygens (including phenoxy) is 1. The highest BCUT2D eigenvalue weighted by molar-refractivity contribution is 7.86. The molecular weight excluding hydrogens is 194 g/mol. The Balaban J connectivity index is 2.33. The monoisotopic (exact) mass is 209 g/mol. The Hall–Kier alpha value is -0.170. The third-order valence-electron chi connectivity index (χ3n) is 1.85. The Morgan fingerprint density at radius 2 is 2.23 bits per heavy atom. The molecule has 0 spiro atoms. The van der Waals surface area contributed by atoms with Gasteiger partial charge in [0.25, 0.3) is 10.1 Å². The van der Waals surface area contributed by atoms with Gasteiger partial charge in [-0.2, -0.15) is 8.42 Å². The summed E-state index contributed by atoms with van der Waals surface area (Å²) in [5, 5.41) is 0. The van der Waals surface area contributed by atoms with Crippen LogP contribution in [0.1, 0.15) is 6.42 Å². The van der Waals surface area contributed by atoms with Gasteiger partial charge in [-0.25, -0.2) is 0 Å². The highest BCUT2D eigenvalue weighted by Gasteiger charge is 2.25. The summed E-state index contributed by atoms with van der Waals surface area (Å²) >= 11 is 0. The number of nitrogens with zero attached hydrogens (tertiary/aromatic N) is 1. The topological polar surface area (TPSA) is 55.8 Å². The first-order valence-electron chi connectivity index (χ1n) is 4.11. The van der Waals surface area contributed by atoms with Crippen molar-refractivity contribution in [2.24, 2.45) is 0 Å². The summed E-state index contributed by atoms with van der Waals surface area (Å²) < 4.78 is 31.3. The van der Waals surface area contributed by atoms with E-state index in [0.29, 0.717) is 13.3 Å². The van der Waals surface area contributed by atoms with Crippen molar-refractivity contribution in [2.75, 3.05) is 33.2 Å². The fraction of sp³-hybridized carbons (Fsp3) is 1.00. The lowest BCUT2D eigenvalue weighted by atomic mass is 10.3. The maximum atomic E-state index is 10.8. The molecule has 0 amide bonds. The van der Waals surface area contributed by atoms with Crippen LogP contribution in [0.4, 0.5) is 0 Å². The van der Waals surface area contributed by atoms with E-state index in [9.17, 15) is 8.42 Å². The Kier molecular flexibility index (Phi) is 3.66. The highest BCUT2D eigenvalue weighted by atomic mass is 32.2. The molecule has 5 nitrogen and oxygen atoms in total. The quantitative estimate of drug-likeness (QED) is 0.592. The van der Waals surface area contributed by atoms with Crippen LogP contribution in [-0.4, -0.2) is 52.6 Å². The van der Waals surface area contributed by atoms with Crippen molar-refractivity contribution in [1.82, 2.24) is 4.90 Å². The van der Waals surface area contributed by atoms with Crippen molar-refractivity contribution in [2.45, 2.75) is 12.5 Å². The van der Waals surface area contributed by atoms with Gasteiger partial charge in [0.05, 0.1) is 19.1 Å². The fourth-order valence-corrected chi connectivity index (χ4v) is 2.07. The van der Waals surface area contributed by atoms with Crippen molar-refractivity contribution in [3.05, 3.63) is 0 Å². The van der Waals surface area contributed by atoms with Crippen LogP contribution >= 0.6 is 0 Å². The van der Waals surface area contributed by atoms with Gasteiger partial charge in [-0.1, -0.05) is 0 Å². The second-order valence-corrected chi connectivity index (χ2v) is 4.81. The lowest BCUT2D eigenvalue weighted by Crippen LogP contribution is -2.26. The molecule has 0 aromatic carbocycles. The first kappa shape index (κ1) is 10.9. The molecule has 0 radical (unpaired) electrons. The van der Waals surface area contributed by atoms with E-state index < -0.39 is 10.1 Å². The molecule has 0 N–H and O–H groups in total. The van der Waals surface area contributed by atoms with Crippen LogP contribution in [0.2, 0.25) is 0 Å². The van der Waals surface area contributed by atoms with Gasteiger partial charge >= 0.3 is 0 Å². The Bertz CT molecular complexity index is 251. The first-order chi connectivity index (χ1) is 6.01. The van der Waals surface area contributed by atoms with E-state index in [1.165, 1.54) is 0 Å². The maximum absolute atomic E-state index is 10.8. The van der Waals surface area contributed by atoms with Crippen LogP contribution < -0.4 is 0 Å². The van der Waals surface area contributed by atoms with E-state index in [-0.39, 0.29) is 6.10 Å². The summed E-state index contributed by atoms with van der Waals surface area (Å²) in [7, 11) is -1.70. The first-order valence-corrected chi connectivity index (χ1v) is 5.92. The summed E-state index contributed by atoms with van der Waals surface area (Å²) in [6.45, 7) is 1.98. The summed E-state index contributed by atoms with van der Waals surface area (Å²) in [6, 6.07) is 0. The molecule has 1 aliphatic rings. The minimum atomic E-state index is -3.31. The van der Waals surface area contributed by atoms with E-state index in [2.05, 4.69) is 0 Å². The molecule has 0 aromatic rings. The zero-order chi connectivity index (χ0) is 9.90. The molecule has 1 unspecified atom stereocenters. The van der Waals surface area contributed by atoms with Crippen LogP contribution in [0, 0.1) is 0 Å². The fourth-order valence-electron chi connectivity index (χ4n) is 1.42. The van der Waals surface area contributed by atoms with Crippen LogP contribution in [0.15, 0.2) is 0 Å². The predicted octanol–water partition coefficient (Wildman–Crippen LogP) is -0.359. The lowest BCUT2D eigenvalue weighted by Gasteiger charge is -2.13. The third-order valence-corrected chi connectivity index (χ3v) is 2.47. The van der Waals surface area contributed by atoms with Gasteiger partial charge in [0, 0.05) is 20.2 Å². The van der Waals surface area contributed by atoms with Crippen LogP contribution in [0.5, 0.6) is 0 Å². The SMILES string of the molecule is COCN1CCC(OS(C)(=O)=O)C1. The molecule has 0 aliphatic carbocycles. The largest absolute Gasteiger partial charge is 0.369 e. The van der Waals surface area contributed by atoms with Gasteiger partial charge in [0.15, 0.2) is 0 Å². The molecule has 1 fully saturated rings. The second kappa shape index (κ2) is 4.36. The molecule has 1 rings (SSSR count). The molecule has 13 heavy (non-hydrogen) atoms. The summed E-state index contributed by atoms with van der Waals surface area (Å²) in [5.41, 5.74) is 0. The van der Waals surface area contributed by atoms with E-state index in [1.807, 2.05) is 4.90 Å². The van der Waals surface area contributed by atoms with Gasteiger partial charge in [-0.15, -0.1) is 0 Å². The predicted molar refractivity (Wildman–Crippen MR) is 47.8 cm³/mol. The molecule has 1 aliphatic heterocycles. The maximum Gasteiger partial charge on any atom is 0.264 e. The summed E-state index contributed by atoms with van der Waals surface area (Å²) in [4.78, 5) is 2.01. The van der Waals surface area contributed by atoms with Crippen molar-refractivity contribution in [3.63, 3.8) is 0 Å². The smallest absolute Gasteiger partial charge is 0.264 e. The standard InChI is InChI=1S/C7H15NO4S/c1-11-6-8-4-3-7(5-8)12-13(2,9)10/h7H,3-6H2,1-2H3. The molecule has 6 heteroatoms. The van der Waals surface area contributed by atoms with Crippen LogP contribution in [-0.2, 0) is 19.0 Å². The van der Waals surface area contributed by atoms with Gasteiger partial charge in [0.1, 0.15) is 0 Å². The van der Waals surface area contributed by atoms with Crippen LogP contribution in [0.25, 0.3) is 0 Å². The Morgan fingerprint density at radius 3 is 2.77 bits per heavy atom. The van der Waals surface area contributed by atoms with Crippen molar-refractivity contribution in [1.29, 1.82) is 0 Å². The van der Waals surface area contributed by atoms with Crippen LogP contribution in [0.3, 0.4) is 0 Å². The third kappa shape index (κ3) is 4.04. The number of likely N-dealkylation sites (tertiary alicyclic amines) is 1. The number of hydrogen-bond acceptors (Lipinski definition) is 5. The molecule has 1 atom stereocenters. The number of methoxy groups -OCH3 is 1. The zero-order valence-electron chi connectivity index (χ0n) is 7.89. The van der Waals surface area contributed by atoms with Gasteiger partial charge in [-0.3, -0.25) is 9.08 Å². The van der Waals surface area contributed by atoms with Gasteiger partial charge in [-0.05, 0) is 6.42 Å². The average Bonchev–Trinajstić information content (AvgIpc) is 2.33. The second-order valence-electron chi connectivity index (χ2n) is 3.21. The Labute approximate surface area is 78.7 Å². The molecule has 0 bridgehead atoms. The molecule has 1 heterocycles. The summed E-state index contributed by atoms with van der Waals surface area (Å²) in [5.74, 6) is 0. The highest BCUT2D eigenvalue weighted by Crippen LogP contribution is 2.13. The zero-order valence-corrected chi connectivity index (χ0v) is 8.71. The van der Waals surface area contributed by atoms with E-state index in [0.717, 1.165) is 19.2 Å². The molecule has 1 saturated heterocycles. The molecular formula is C7H15NO4S. The normalized spacial score (nSPS) is 25.2. The molecule has 0 aromatic heterocycles. The van der Waals surface area contributed by atoms with E-state index in [4.69, 9.17) is 8.92 Å². The van der Waals surface area contributed by atoms with E-state index in [1.54, 1.807) is 7.11 Å². The summed E-state index contributed by atoms with van der Waals surface area (Å²) in [6.07, 6.45) is 1.62. The molecule has 0 saturated carbocycles. The van der Waals surface area contributed by atoms with Crippen molar-refractivity contribution < 1.29 is 17.3 Å². The molecule has 78 valence electrons. The van der Waals surface area contributed by atoms with Gasteiger partial charge < -0.3 is 4.74 Å². The Morgan fingerprint density at radius 1 is 1.54 bits per heavy atom. The average molecular weight is 209 g/mol. The van der Waals surface area contributed by atoms with Gasteiger partial charge in [0.2, 0.25) is 0 Å². The minimum absolute atomic E-state index is 0.204. The van der Waals surface area contributed by atoms with Crippen molar-refractivity contribution >= 4 is 10.1 Å². The number of rotatable bonds is 4. The minimum Gasteiger partial charge on any atom is -0.369 e. The lowest BCUT2D eigenvalue weighted by molar-refractivity contribution is 0.0723. The van der Waals surface area contributed by atoms with E-state index >= 15 is 0 Å². The van der Waals surface area contributed by atoms with Crippen molar-refractivity contribution in [3.8, 4) is 0 Å².